The molecule has 5 nitrogen and oxygen atoms in total. The van der Waals surface area contributed by atoms with Crippen LogP contribution in [0.3, 0.4) is 0 Å². The highest BCUT2D eigenvalue weighted by atomic mass is 127. The molecule has 7 heteroatoms. The normalized spacial score (nSPS) is 11.8. The number of hydrogen-bond acceptors (Lipinski definition) is 3. The summed E-state index contributed by atoms with van der Waals surface area (Å²) in [6.45, 7) is 1.99. The molecule has 0 aliphatic rings. The van der Waals surface area contributed by atoms with Crippen molar-refractivity contribution in [3.05, 3.63) is 15.5 Å². The Labute approximate surface area is 86.9 Å². The molecule has 1 heterocycles. The van der Waals surface area contributed by atoms with Gasteiger partial charge in [-0.15, -0.1) is 0 Å². The standard InChI is InChI=1S/C5H7IN2.H3NO2S/c1-4-3-5(6)8(2)7-4;1-4(2)3/h3H,1-2H3;1H2,(H,2,3)/p-1. The van der Waals surface area contributed by atoms with Crippen LogP contribution in [-0.4, -0.2) is 18.5 Å². The molecule has 1 atom stereocenters. The third-order valence-corrected chi connectivity index (χ3v) is 1.95. The number of aryl methyl sites for hydroxylation is 2. The quantitative estimate of drug-likeness (QED) is 0.544. The fourth-order valence-electron chi connectivity index (χ4n) is 0.579. The summed E-state index contributed by atoms with van der Waals surface area (Å²) in [7, 11) is 1.94. The molecule has 0 aliphatic carbocycles. The van der Waals surface area contributed by atoms with Crippen molar-refractivity contribution in [2.24, 2.45) is 12.2 Å². The molecular formula is C5H9IN3O2S-. The van der Waals surface area contributed by atoms with Gasteiger partial charge in [0.25, 0.3) is 0 Å². The molecule has 70 valence electrons. The van der Waals surface area contributed by atoms with Crippen LogP contribution in [0, 0.1) is 10.6 Å². The Morgan fingerprint density at radius 3 is 2.33 bits per heavy atom. The van der Waals surface area contributed by atoms with Crippen LogP contribution in [-0.2, 0) is 18.3 Å². The van der Waals surface area contributed by atoms with E-state index in [0.29, 0.717) is 0 Å². The average molecular weight is 302 g/mol. The Kier molecular flexibility index (Phi) is 5.63. The smallest absolute Gasteiger partial charge is 0.0988 e. The minimum absolute atomic E-state index is 1.08. The lowest BCUT2D eigenvalue weighted by atomic mass is 10.5. The molecule has 0 saturated carbocycles. The topological polar surface area (TPSA) is 84.0 Å². The van der Waals surface area contributed by atoms with Gasteiger partial charge in [-0.1, -0.05) is 0 Å². The average Bonchev–Trinajstić information content (AvgIpc) is 2.08. The molecule has 0 aliphatic heterocycles. The zero-order valence-corrected chi connectivity index (χ0v) is 9.63. The summed E-state index contributed by atoms with van der Waals surface area (Å²) in [5, 5.41) is 8.15. The van der Waals surface area contributed by atoms with Gasteiger partial charge in [0.2, 0.25) is 0 Å². The van der Waals surface area contributed by atoms with E-state index in [1.54, 1.807) is 0 Å². The maximum Gasteiger partial charge on any atom is 0.0988 e. The van der Waals surface area contributed by atoms with Gasteiger partial charge in [0.1, 0.15) is 0 Å². The summed E-state index contributed by atoms with van der Waals surface area (Å²) in [5.74, 6) is 0. The van der Waals surface area contributed by atoms with Crippen molar-refractivity contribution in [1.29, 1.82) is 0 Å². The Balaban J connectivity index is 0.000000261. The SMILES string of the molecule is Cc1cc(I)n(C)n1.NS(=O)[O-]. The van der Waals surface area contributed by atoms with E-state index in [9.17, 15) is 0 Å². The first-order chi connectivity index (χ1) is 5.43. The number of aromatic nitrogens is 2. The molecule has 1 rings (SSSR count). The van der Waals surface area contributed by atoms with Crippen molar-refractivity contribution in [1.82, 2.24) is 9.78 Å². The molecule has 1 aromatic rings. The van der Waals surface area contributed by atoms with Crippen molar-refractivity contribution in [2.45, 2.75) is 6.92 Å². The fraction of sp³-hybridized carbons (Fsp3) is 0.400. The molecule has 0 amide bonds. The summed E-state index contributed by atoms with van der Waals surface area (Å²) in [4.78, 5) is 0. The van der Waals surface area contributed by atoms with E-state index < -0.39 is 11.3 Å². The van der Waals surface area contributed by atoms with Gasteiger partial charge in [-0.05, 0) is 35.6 Å². The monoisotopic (exact) mass is 302 g/mol. The lowest BCUT2D eigenvalue weighted by Gasteiger charge is -1.85. The van der Waals surface area contributed by atoms with Crippen LogP contribution in [0.25, 0.3) is 0 Å². The van der Waals surface area contributed by atoms with Crippen molar-refractivity contribution < 1.29 is 8.76 Å². The van der Waals surface area contributed by atoms with Crippen LogP contribution in [0.2, 0.25) is 0 Å². The molecule has 1 unspecified atom stereocenters. The van der Waals surface area contributed by atoms with E-state index in [1.807, 2.05) is 24.7 Å². The predicted octanol–water partition coefficient (Wildman–Crippen LogP) is 0.0723. The molecule has 0 saturated heterocycles. The molecule has 0 aromatic carbocycles. The second kappa shape index (κ2) is 5.62. The first-order valence-electron chi connectivity index (χ1n) is 2.93. The molecule has 0 fully saturated rings. The molecule has 1 aromatic heterocycles. The number of nitrogens with two attached hydrogens (primary N) is 1. The van der Waals surface area contributed by atoms with Crippen LogP contribution in [0.15, 0.2) is 6.07 Å². The van der Waals surface area contributed by atoms with Crippen molar-refractivity contribution in [3.63, 3.8) is 0 Å². The minimum atomic E-state index is -2.36. The van der Waals surface area contributed by atoms with E-state index >= 15 is 0 Å². The number of halogens is 1. The maximum absolute atomic E-state index is 8.78. The highest BCUT2D eigenvalue weighted by Crippen LogP contribution is 2.03. The van der Waals surface area contributed by atoms with E-state index in [1.165, 1.54) is 3.70 Å². The highest BCUT2D eigenvalue weighted by Gasteiger charge is 1.93. The zero-order chi connectivity index (χ0) is 9.72. The Morgan fingerprint density at radius 1 is 1.83 bits per heavy atom. The second-order valence-electron chi connectivity index (χ2n) is 1.99. The van der Waals surface area contributed by atoms with Crippen LogP contribution < -0.4 is 5.14 Å². The van der Waals surface area contributed by atoms with Gasteiger partial charge in [-0.3, -0.25) is 14.0 Å². The number of rotatable bonds is 0. The molecular weight excluding hydrogens is 293 g/mol. The van der Waals surface area contributed by atoms with Crippen LogP contribution in [0.1, 0.15) is 5.69 Å². The Hall–Kier alpha value is 0.01000. The van der Waals surface area contributed by atoms with Gasteiger partial charge in [0, 0.05) is 18.3 Å². The third kappa shape index (κ3) is 5.63. The number of hydrogen-bond donors (Lipinski definition) is 1. The summed E-state index contributed by atoms with van der Waals surface area (Å²) in [5.41, 5.74) is 1.08. The summed E-state index contributed by atoms with van der Waals surface area (Å²) < 4.78 is 20.6. The van der Waals surface area contributed by atoms with Gasteiger partial charge in [0.05, 0.1) is 9.39 Å². The van der Waals surface area contributed by atoms with Crippen LogP contribution >= 0.6 is 22.6 Å². The highest BCUT2D eigenvalue weighted by molar-refractivity contribution is 14.1. The van der Waals surface area contributed by atoms with E-state index in [-0.39, 0.29) is 0 Å². The van der Waals surface area contributed by atoms with Gasteiger partial charge in [-0.2, -0.15) is 5.10 Å². The lowest BCUT2D eigenvalue weighted by Crippen LogP contribution is -1.97. The molecule has 0 radical (unpaired) electrons. The summed E-state index contributed by atoms with van der Waals surface area (Å²) in [6, 6.07) is 2.04. The predicted molar refractivity (Wildman–Crippen MR) is 53.8 cm³/mol. The Bertz CT molecular complexity index is 252. The zero-order valence-electron chi connectivity index (χ0n) is 6.65. The molecule has 12 heavy (non-hydrogen) atoms. The fourth-order valence-corrected chi connectivity index (χ4v) is 1.14. The molecule has 0 spiro atoms. The van der Waals surface area contributed by atoms with Gasteiger partial charge < -0.3 is 4.55 Å². The van der Waals surface area contributed by atoms with E-state index in [2.05, 4.69) is 32.8 Å². The van der Waals surface area contributed by atoms with E-state index in [4.69, 9.17) is 8.76 Å². The maximum atomic E-state index is 8.78. The van der Waals surface area contributed by atoms with Crippen molar-refractivity contribution in [2.75, 3.05) is 0 Å². The Morgan fingerprint density at radius 2 is 2.25 bits per heavy atom. The third-order valence-electron chi connectivity index (χ3n) is 0.945. The minimum Gasteiger partial charge on any atom is -0.760 e. The summed E-state index contributed by atoms with van der Waals surface area (Å²) >= 11 is -0.115. The van der Waals surface area contributed by atoms with Crippen molar-refractivity contribution in [3.8, 4) is 0 Å². The first kappa shape index (κ1) is 12.0. The van der Waals surface area contributed by atoms with Gasteiger partial charge >= 0.3 is 0 Å². The second-order valence-corrected chi connectivity index (χ2v) is 3.62. The van der Waals surface area contributed by atoms with Crippen LogP contribution in [0.5, 0.6) is 0 Å². The first-order valence-corrected chi connectivity index (χ1v) is 5.15. The molecule has 2 N–H and O–H groups in total. The van der Waals surface area contributed by atoms with Crippen molar-refractivity contribution >= 4 is 33.9 Å². The lowest BCUT2D eigenvalue weighted by molar-refractivity contribution is 0.539. The van der Waals surface area contributed by atoms with Gasteiger partial charge in [-0.25, -0.2) is 0 Å². The summed E-state index contributed by atoms with van der Waals surface area (Å²) in [6.07, 6.45) is 0. The van der Waals surface area contributed by atoms with E-state index in [0.717, 1.165) is 5.69 Å². The largest absolute Gasteiger partial charge is 0.760 e. The molecule has 0 bridgehead atoms. The van der Waals surface area contributed by atoms with Crippen LogP contribution in [0.4, 0.5) is 0 Å². The number of nitrogens with zero attached hydrogens (tertiary/aromatic N) is 2. The van der Waals surface area contributed by atoms with Gasteiger partial charge in [0.15, 0.2) is 0 Å².